The summed E-state index contributed by atoms with van der Waals surface area (Å²) in [6.07, 6.45) is 0.932. The van der Waals surface area contributed by atoms with Crippen molar-refractivity contribution in [2.24, 2.45) is 0 Å². The third kappa shape index (κ3) is 2.43. The fourth-order valence-electron chi connectivity index (χ4n) is 2.58. The number of rotatable bonds is 2. The molecule has 1 aliphatic rings. The largest absolute Gasteiger partial charge is 0.457 e. The lowest BCUT2D eigenvalue weighted by molar-refractivity contribution is 0.475. The van der Waals surface area contributed by atoms with Crippen molar-refractivity contribution in [1.29, 1.82) is 0 Å². The van der Waals surface area contributed by atoms with Crippen LogP contribution >= 0.6 is 11.8 Å². The molecule has 0 atom stereocenters. The van der Waals surface area contributed by atoms with Crippen LogP contribution in [0.2, 0.25) is 0 Å². The summed E-state index contributed by atoms with van der Waals surface area (Å²) < 4.78 is 6.08. The maximum Gasteiger partial charge on any atom is 0.132 e. The minimum Gasteiger partial charge on any atom is -0.457 e. The van der Waals surface area contributed by atoms with Crippen LogP contribution < -0.4 is 4.74 Å². The molecular formula is C19H14OS. The van der Waals surface area contributed by atoms with Crippen LogP contribution in [-0.4, -0.2) is 0 Å². The van der Waals surface area contributed by atoms with Gasteiger partial charge in [0.05, 0.1) is 0 Å². The van der Waals surface area contributed by atoms with Crippen LogP contribution in [0.1, 0.15) is 11.1 Å². The predicted molar refractivity (Wildman–Crippen MR) is 86.3 cm³/mol. The van der Waals surface area contributed by atoms with E-state index in [1.807, 2.05) is 42.1 Å². The molecule has 1 aliphatic heterocycles. The highest BCUT2D eigenvalue weighted by molar-refractivity contribution is 7.99. The summed E-state index contributed by atoms with van der Waals surface area (Å²) in [7, 11) is 0. The molecule has 0 amide bonds. The van der Waals surface area contributed by atoms with Crippen LogP contribution in [0.25, 0.3) is 0 Å². The van der Waals surface area contributed by atoms with Crippen LogP contribution in [0.4, 0.5) is 0 Å². The summed E-state index contributed by atoms with van der Waals surface area (Å²) >= 11 is 1.83. The molecule has 1 nitrogen and oxygen atoms in total. The maximum absolute atomic E-state index is 6.08. The SMILES string of the molecule is c1ccc(Oc2cccc3c2Cc2ccccc2S3)cc1. The normalized spacial score (nSPS) is 12.4. The van der Waals surface area contributed by atoms with E-state index in [0.29, 0.717) is 0 Å². The molecule has 0 N–H and O–H groups in total. The Morgan fingerprint density at radius 2 is 1.48 bits per heavy atom. The highest BCUT2D eigenvalue weighted by atomic mass is 32.2. The van der Waals surface area contributed by atoms with Gasteiger partial charge in [-0.25, -0.2) is 0 Å². The van der Waals surface area contributed by atoms with Crippen molar-refractivity contribution in [2.75, 3.05) is 0 Å². The lowest BCUT2D eigenvalue weighted by Crippen LogP contribution is -2.01. The second-order valence-electron chi connectivity index (χ2n) is 5.03. The van der Waals surface area contributed by atoms with Gasteiger partial charge in [0.25, 0.3) is 0 Å². The standard InChI is InChI=1S/C19H14OS/c1-2-8-15(9-3-1)20-17-10-6-12-19-16(17)13-14-7-4-5-11-18(14)21-19/h1-12H,13H2. The summed E-state index contributed by atoms with van der Waals surface area (Å²) in [6.45, 7) is 0. The quantitative estimate of drug-likeness (QED) is 0.480. The molecular weight excluding hydrogens is 276 g/mol. The highest BCUT2D eigenvalue weighted by Crippen LogP contribution is 2.43. The number of hydrogen-bond acceptors (Lipinski definition) is 2. The van der Waals surface area contributed by atoms with Crippen molar-refractivity contribution in [3.8, 4) is 11.5 Å². The Bertz CT molecular complexity index is 781. The van der Waals surface area contributed by atoms with Crippen molar-refractivity contribution in [3.63, 3.8) is 0 Å². The van der Waals surface area contributed by atoms with E-state index in [1.165, 1.54) is 20.9 Å². The molecule has 3 aromatic rings. The second-order valence-corrected chi connectivity index (χ2v) is 6.12. The molecule has 0 radical (unpaired) electrons. The number of para-hydroxylation sites is 1. The van der Waals surface area contributed by atoms with Crippen molar-refractivity contribution in [1.82, 2.24) is 0 Å². The van der Waals surface area contributed by atoms with Crippen molar-refractivity contribution in [3.05, 3.63) is 83.9 Å². The first-order valence-electron chi connectivity index (χ1n) is 7.01. The van der Waals surface area contributed by atoms with E-state index >= 15 is 0 Å². The van der Waals surface area contributed by atoms with E-state index in [9.17, 15) is 0 Å². The van der Waals surface area contributed by atoms with E-state index in [0.717, 1.165) is 17.9 Å². The topological polar surface area (TPSA) is 9.23 Å². The van der Waals surface area contributed by atoms with Crippen LogP contribution in [0.5, 0.6) is 11.5 Å². The average Bonchev–Trinajstić information content (AvgIpc) is 2.54. The molecule has 2 heteroatoms. The molecule has 0 fully saturated rings. The zero-order valence-electron chi connectivity index (χ0n) is 11.5. The summed E-state index contributed by atoms with van der Waals surface area (Å²) in [6, 6.07) is 24.9. The van der Waals surface area contributed by atoms with Gasteiger partial charge in [-0.1, -0.05) is 54.2 Å². The molecule has 1 heterocycles. The molecule has 0 bridgehead atoms. The Balaban J connectivity index is 1.73. The van der Waals surface area contributed by atoms with E-state index in [4.69, 9.17) is 4.74 Å². The third-order valence-electron chi connectivity index (χ3n) is 3.62. The smallest absolute Gasteiger partial charge is 0.132 e. The number of fused-ring (bicyclic) bond motifs is 2. The minimum atomic E-state index is 0.884. The Morgan fingerprint density at radius 1 is 0.714 bits per heavy atom. The Labute approximate surface area is 128 Å². The van der Waals surface area contributed by atoms with Crippen LogP contribution in [-0.2, 0) is 6.42 Å². The van der Waals surface area contributed by atoms with Crippen LogP contribution in [0.3, 0.4) is 0 Å². The van der Waals surface area contributed by atoms with E-state index < -0.39 is 0 Å². The van der Waals surface area contributed by atoms with Gasteiger partial charge in [-0.15, -0.1) is 0 Å². The molecule has 0 saturated carbocycles. The second kappa shape index (κ2) is 5.30. The van der Waals surface area contributed by atoms with Gasteiger partial charge in [-0.3, -0.25) is 0 Å². The molecule has 0 aromatic heterocycles. The third-order valence-corrected chi connectivity index (χ3v) is 4.84. The summed E-state index contributed by atoms with van der Waals surface area (Å²) in [4.78, 5) is 2.64. The fourth-order valence-corrected chi connectivity index (χ4v) is 3.68. The number of hydrogen-bond donors (Lipinski definition) is 0. The molecule has 3 aromatic carbocycles. The fraction of sp³-hybridized carbons (Fsp3) is 0.0526. The predicted octanol–water partition coefficient (Wildman–Crippen LogP) is 5.53. The Hall–Kier alpha value is -2.19. The molecule has 0 aliphatic carbocycles. The highest BCUT2D eigenvalue weighted by Gasteiger charge is 2.19. The molecule has 0 saturated heterocycles. The lowest BCUT2D eigenvalue weighted by atomic mass is 10.0. The average molecular weight is 290 g/mol. The minimum absolute atomic E-state index is 0.884. The lowest BCUT2D eigenvalue weighted by Gasteiger charge is -2.21. The zero-order chi connectivity index (χ0) is 14.1. The van der Waals surface area contributed by atoms with Crippen molar-refractivity contribution in [2.45, 2.75) is 16.2 Å². The van der Waals surface area contributed by atoms with E-state index in [1.54, 1.807) is 0 Å². The van der Waals surface area contributed by atoms with Gasteiger partial charge in [-0.05, 0) is 35.9 Å². The molecule has 102 valence electrons. The first-order valence-corrected chi connectivity index (χ1v) is 7.82. The Morgan fingerprint density at radius 3 is 2.38 bits per heavy atom. The summed E-state index contributed by atoms with van der Waals surface area (Å²) in [5, 5.41) is 0. The summed E-state index contributed by atoms with van der Waals surface area (Å²) in [5.74, 6) is 1.84. The number of ether oxygens (including phenoxy) is 1. The van der Waals surface area contributed by atoms with Gasteiger partial charge < -0.3 is 4.74 Å². The number of benzene rings is 3. The van der Waals surface area contributed by atoms with E-state index in [-0.39, 0.29) is 0 Å². The van der Waals surface area contributed by atoms with Gasteiger partial charge in [-0.2, -0.15) is 0 Å². The van der Waals surface area contributed by atoms with Gasteiger partial charge in [0.15, 0.2) is 0 Å². The first-order chi connectivity index (χ1) is 10.4. The molecule has 21 heavy (non-hydrogen) atoms. The van der Waals surface area contributed by atoms with Gasteiger partial charge in [0.1, 0.15) is 11.5 Å². The molecule has 0 spiro atoms. The molecule has 0 unspecified atom stereocenters. The van der Waals surface area contributed by atoms with Gasteiger partial charge in [0, 0.05) is 21.8 Å². The monoisotopic (exact) mass is 290 g/mol. The zero-order valence-corrected chi connectivity index (χ0v) is 12.3. The van der Waals surface area contributed by atoms with E-state index in [2.05, 4.69) is 42.5 Å². The van der Waals surface area contributed by atoms with Crippen LogP contribution in [0.15, 0.2) is 82.6 Å². The Kier molecular flexibility index (Phi) is 3.17. The molecule has 4 rings (SSSR count). The summed E-state index contributed by atoms with van der Waals surface area (Å²) in [5.41, 5.74) is 2.66. The van der Waals surface area contributed by atoms with Crippen molar-refractivity contribution >= 4 is 11.8 Å². The van der Waals surface area contributed by atoms with Gasteiger partial charge >= 0.3 is 0 Å². The first kappa shape index (κ1) is 12.5. The van der Waals surface area contributed by atoms with Gasteiger partial charge in [0.2, 0.25) is 0 Å². The van der Waals surface area contributed by atoms with Crippen molar-refractivity contribution < 1.29 is 4.74 Å². The van der Waals surface area contributed by atoms with Crippen LogP contribution in [0, 0.1) is 0 Å². The maximum atomic E-state index is 6.08.